The lowest BCUT2D eigenvalue weighted by atomic mass is 10.0. The summed E-state index contributed by atoms with van der Waals surface area (Å²) in [4.78, 5) is 4.63. The Labute approximate surface area is 170 Å². The number of aliphatic hydroxyl groups excluding tert-OH is 1. The SMILES string of the molecule is OCCCc1nc2n(n1)[C@@H](c1cccc(Br)c1)C=C(c1ccc(Cl)cc1)N2. The molecule has 1 atom stereocenters. The monoisotopic (exact) mass is 444 g/mol. The maximum absolute atomic E-state index is 9.10. The van der Waals surface area contributed by atoms with Gasteiger partial charge in [0, 0.05) is 28.2 Å². The summed E-state index contributed by atoms with van der Waals surface area (Å²) in [6.45, 7) is 0.126. The molecule has 0 bridgehead atoms. The van der Waals surface area contributed by atoms with Gasteiger partial charge in [0.05, 0.1) is 0 Å². The number of aromatic nitrogens is 3. The Balaban J connectivity index is 1.77. The highest BCUT2D eigenvalue weighted by atomic mass is 79.9. The summed E-state index contributed by atoms with van der Waals surface area (Å²) in [7, 11) is 0. The topological polar surface area (TPSA) is 63.0 Å². The van der Waals surface area contributed by atoms with Crippen LogP contribution in [-0.2, 0) is 6.42 Å². The van der Waals surface area contributed by atoms with Gasteiger partial charge >= 0.3 is 0 Å². The molecule has 138 valence electrons. The van der Waals surface area contributed by atoms with Crippen LogP contribution in [-0.4, -0.2) is 26.5 Å². The molecule has 0 saturated carbocycles. The van der Waals surface area contributed by atoms with Gasteiger partial charge in [0.2, 0.25) is 5.95 Å². The fourth-order valence-electron chi connectivity index (χ4n) is 3.11. The molecule has 0 spiro atoms. The van der Waals surface area contributed by atoms with E-state index in [1.807, 2.05) is 41.1 Å². The van der Waals surface area contributed by atoms with Crippen molar-refractivity contribution in [2.45, 2.75) is 18.9 Å². The normalized spacial score (nSPS) is 15.8. The van der Waals surface area contributed by atoms with E-state index in [0.717, 1.165) is 27.1 Å². The summed E-state index contributed by atoms with van der Waals surface area (Å²) in [5, 5.41) is 17.8. The van der Waals surface area contributed by atoms with Crippen LogP contribution < -0.4 is 5.32 Å². The van der Waals surface area contributed by atoms with Crippen LogP contribution in [0.5, 0.6) is 0 Å². The number of hydrogen-bond donors (Lipinski definition) is 2. The average Bonchev–Trinajstić information content (AvgIpc) is 3.09. The first-order valence-electron chi connectivity index (χ1n) is 8.70. The third-order valence-electron chi connectivity index (χ3n) is 4.41. The molecule has 2 heterocycles. The Morgan fingerprint density at radius 3 is 2.74 bits per heavy atom. The first-order chi connectivity index (χ1) is 13.1. The number of nitrogens with zero attached hydrogens (tertiary/aromatic N) is 3. The number of nitrogens with one attached hydrogen (secondary N) is 1. The summed E-state index contributed by atoms with van der Waals surface area (Å²) >= 11 is 9.59. The number of benzene rings is 2. The second-order valence-corrected chi connectivity index (χ2v) is 7.69. The average molecular weight is 446 g/mol. The van der Waals surface area contributed by atoms with Gasteiger partial charge in [-0.1, -0.05) is 51.8 Å². The zero-order valence-corrected chi connectivity index (χ0v) is 16.8. The van der Waals surface area contributed by atoms with Crippen molar-refractivity contribution in [3.63, 3.8) is 0 Å². The zero-order valence-electron chi connectivity index (χ0n) is 14.4. The van der Waals surface area contributed by atoms with Gasteiger partial charge in [-0.3, -0.25) is 0 Å². The molecule has 0 aliphatic carbocycles. The molecule has 0 amide bonds. The van der Waals surface area contributed by atoms with Crippen molar-refractivity contribution in [1.29, 1.82) is 0 Å². The number of aryl methyl sites for hydroxylation is 1. The smallest absolute Gasteiger partial charge is 0.226 e. The van der Waals surface area contributed by atoms with E-state index >= 15 is 0 Å². The fraction of sp³-hybridized carbons (Fsp3) is 0.200. The van der Waals surface area contributed by atoms with Crippen molar-refractivity contribution in [3.8, 4) is 0 Å². The van der Waals surface area contributed by atoms with Crippen molar-refractivity contribution in [2.24, 2.45) is 0 Å². The third kappa shape index (κ3) is 3.93. The Kier molecular flexibility index (Phi) is 5.29. The first kappa shape index (κ1) is 18.2. The highest BCUT2D eigenvalue weighted by Crippen LogP contribution is 2.33. The van der Waals surface area contributed by atoms with Crippen LogP contribution in [0.15, 0.2) is 59.1 Å². The van der Waals surface area contributed by atoms with Crippen LogP contribution in [0.2, 0.25) is 5.02 Å². The molecule has 0 fully saturated rings. The van der Waals surface area contributed by atoms with Gasteiger partial charge in [-0.2, -0.15) is 10.1 Å². The fourth-order valence-corrected chi connectivity index (χ4v) is 3.65. The van der Waals surface area contributed by atoms with Crippen LogP contribution in [0.1, 0.15) is 29.4 Å². The van der Waals surface area contributed by atoms with Gasteiger partial charge in [0.15, 0.2) is 5.82 Å². The lowest BCUT2D eigenvalue weighted by Crippen LogP contribution is -2.20. The minimum absolute atomic E-state index is 0.0835. The molecule has 7 heteroatoms. The van der Waals surface area contributed by atoms with Crippen molar-refractivity contribution < 1.29 is 5.11 Å². The molecule has 2 N–H and O–H groups in total. The van der Waals surface area contributed by atoms with Gasteiger partial charge in [0.1, 0.15) is 6.04 Å². The number of halogens is 2. The number of rotatable bonds is 5. The lowest BCUT2D eigenvalue weighted by molar-refractivity contribution is 0.287. The van der Waals surface area contributed by atoms with Crippen molar-refractivity contribution in [3.05, 3.63) is 81.1 Å². The maximum Gasteiger partial charge on any atom is 0.226 e. The highest BCUT2D eigenvalue weighted by molar-refractivity contribution is 9.10. The molecule has 3 aromatic rings. The van der Waals surface area contributed by atoms with E-state index in [1.165, 1.54) is 0 Å². The molecule has 0 saturated heterocycles. The molecular weight excluding hydrogens is 428 g/mol. The quantitative estimate of drug-likeness (QED) is 0.599. The molecule has 1 aliphatic rings. The van der Waals surface area contributed by atoms with Crippen LogP contribution in [0, 0.1) is 0 Å². The lowest BCUT2D eigenvalue weighted by Gasteiger charge is -2.24. The van der Waals surface area contributed by atoms with Gasteiger partial charge in [-0.05, 0) is 47.9 Å². The van der Waals surface area contributed by atoms with E-state index in [0.29, 0.717) is 23.8 Å². The largest absolute Gasteiger partial charge is 0.396 e. The summed E-state index contributed by atoms with van der Waals surface area (Å²) in [6.07, 6.45) is 3.42. The third-order valence-corrected chi connectivity index (χ3v) is 5.16. The molecular formula is C20H18BrClN4O. The van der Waals surface area contributed by atoms with Crippen LogP contribution in [0.25, 0.3) is 5.70 Å². The first-order valence-corrected chi connectivity index (χ1v) is 9.87. The van der Waals surface area contributed by atoms with Gasteiger partial charge in [0.25, 0.3) is 0 Å². The molecule has 0 unspecified atom stereocenters. The van der Waals surface area contributed by atoms with E-state index in [4.69, 9.17) is 16.7 Å². The molecule has 27 heavy (non-hydrogen) atoms. The van der Waals surface area contributed by atoms with Crippen molar-refractivity contribution in [2.75, 3.05) is 11.9 Å². The highest BCUT2D eigenvalue weighted by Gasteiger charge is 2.25. The number of fused-ring (bicyclic) bond motifs is 1. The predicted octanol–water partition coefficient (Wildman–Crippen LogP) is 4.67. The Morgan fingerprint density at radius 1 is 1.19 bits per heavy atom. The molecule has 5 nitrogen and oxygen atoms in total. The van der Waals surface area contributed by atoms with Gasteiger partial charge < -0.3 is 10.4 Å². The minimum atomic E-state index is -0.0835. The van der Waals surface area contributed by atoms with Crippen molar-refractivity contribution in [1.82, 2.24) is 14.8 Å². The Hall–Kier alpha value is -2.15. The number of hydrogen-bond acceptors (Lipinski definition) is 4. The van der Waals surface area contributed by atoms with Crippen molar-refractivity contribution >= 4 is 39.2 Å². The Bertz CT molecular complexity index is 984. The van der Waals surface area contributed by atoms with E-state index in [9.17, 15) is 0 Å². The number of allylic oxidation sites excluding steroid dienone is 1. The molecule has 4 rings (SSSR count). The van der Waals surface area contributed by atoms with E-state index in [1.54, 1.807) is 0 Å². The van der Waals surface area contributed by atoms with Crippen LogP contribution in [0.3, 0.4) is 0 Å². The molecule has 1 aliphatic heterocycles. The zero-order chi connectivity index (χ0) is 18.8. The summed E-state index contributed by atoms with van der Waals surface area (Å²) in [5.74, 6) is 1.41. The van der Waals surface area contributed by atoms with Gasteiger partial charge in [-0.15, -0.1) is 0 Å². The van der Waals surface area contributed by atoms with E-state index in [2.05, 4.69) is 49.5 Å². The second kappa shape index (κ2) is 7.84. The molecule has 1 aromatic heterocycles. The predicted molar refractivity (Wildman–Crippen MR) is 111 cm³/mol. The molecule has 0 radical (unpaired) electrons. The van der Waals surface area contributed by atoms with Crippen LogP contribution in [0.4, 0.5) is 5.95 Å². The summed E-state index contributed by atoms with van der Waals surface area (Å²) in [6, 6.07) is 15.8. The molecule has 2 aromatic carbocycles. The van der Waals surface area contributed by atoms with E-state index in [-0.39, 0.29) is 12.6 Å². The number of anilines is 1. The Morgan fingerprint density at radius 2 is 2.00 bits per heavy atom. The standard InChI is InChI=1S/C20H18BrClN4O/c21-15-4-1-3-14(11-15)18-12-17(13-6-8-16(22)9-7-13)23-20-24-19(5-2-10-27)25-26(18)20/h1,3-4,6-9,11-12,18,27H,2,5,10H2,(H,23,24,25)/t18-/m1/s1. The van der Waals surface area contributed by atoms with Gasteiger partial charge in [-0.25, -0.2) is 4.68 Å². The maximum atomic E-state index is 9.10. The second-order valence-electron chi connectivity index (χ2n) is 6.34. The summed E-state index contributed by atoms with van der Waals surface area (Å²) < 4.78 is 2.91. The van der Waals surface area contributed by atoms with Crippen LogP contribution >= 0.6 is 27.5 Å². The summed E-state index contributed by atoms with van der Waals surface area (Å²) in [5.41, 5.74) is 3.10. The number of aliphatic hydroxyl groups is 1. The van der Waals surface area contributed by atoms with E-state index < -0.39 is 0 Å². The minimum Gasteiger partial charge on any atom is -0.396 e.